The number of hydrogen-bond acceptors (Lipinski definition) is 5. The number of hydrogen-bond donors (Lipinski definition) is 1. The monoisotopic (exact) mass is 331 g/mol. The van der Waals surface area contributed by atoms with Gasteiger partial charge in [-0.2, -0.15) is 10.4 Å². The number of ether oxygens (including phenoxy) is 1. The fourth-order valence-corrected chi connectivity index (χ4v) is 3.33. The second kappa shape index (κ2) is 5.72. The Kier molecular flexibility index (Phi) is 3.52. The summed E-state index contributed by atoms with van der Waals surface area (Å²) in [5, 5.41) is 13.9. The van der Waals surface area contributed by atoms with Gasteiger partial charge in [-0.3, -0.25) is 0 Å². The van der Waals surface area contributed by atoms with E-state index in [9.17, 15) is 5.26 Å². The molecular formula is C19H17N5O. The molecule has 1 aromatic carbocycles. The Balaban J connectivity index is 1.94. The molecule has 0 unspecified atom stereocenters. The molecule has 124 valence electrons. The van der Waals surface area contributed by atoms with Crippen LogP contribution >= 0.6 is 0 Å². The van der Waals surface area contributed by atoms with Crippen molar-refractivity contribution in [2.75, 3.05) is 5.73 Å². The fraction of sp³-hybridized carbons (Fsp3) is 0.211. The van der Waals surface area contributed by atoms with Crippen LogP contribution in [0.1, 0.15) is 35.4 Å². The molecule has 6 nitrogen and oxygen atoms in total. The maximum atomic E-state index is 9.63. The molecule has 1 aliphatic rings. The van der Waals surface area contributed by atoms with E-state index in [0.717, 1.165) is 33.6 Å². The van der Waals surface area contributed by atoms with E-state index in [2.05, 4.69) is 16.2 Å². The van der Waals surface area contributed by atoms with E-state index in [1.807, 2.05) is 44.3 Å². The van der Waals surface area contributed by atoms with Crippen LogP contribution in [0, 0.1) is 18.3 Å². The van der Waals surface area contributed by atoms with Crippen molar-refractivity contribution in [1.82, 2.24) is 14.8 Å². The summed E-state index contributed by atoms with van der Waals surface area (Å²) in [5.74, 6) is 0.254. The molecule has 1 aliphatic heterocycles. The molecule has 0 fully saturated rings. The van der Waals surface area contributed by atoms with Gasteiger partial charge in [-0.15, -0.1) is 0 Å². The predicted molar refractivity (Wildman–Crippen MR) is 93.9 cm³/mol. The molecule has 0 saturated carbocycles. The number of benzene rings is 1. The Labute approximate surface area is 145 Å². The SMILES string of the molecule is Cc1cc(-n2cccn2)ccc1-c1c(C#N)c(N)nc2c1CO[C@H]2C. The van der Waals surface area contributed by atoms with Crippen molar-refractivity contribution in [2.45, 2.75) is 26.6 Å². The van der Waals surface area contributed by atoms with Crippen molar-refractivity contribution >= 4 is 5.82 Å². The fourth-order valence-electron chi connectivity index (χ4n) is 3.33. The zero-order chi connectivity index (χ0) is 17.6. The third kappa shape index (κ3) is 2.37. The number of nitrogens with zero attached hydrogens (tertiary/aromatic N) is 4. The highest BCUT2D eigenvalue weighted by atomic mass is 16.5. The smallest absolute Gasteiger partial charge is 0.142 e. The molecule has 3 heterocycles. The lowest BCUT2D eigenvalue weighted by atomic mass is 9.91. The number of anilines is 1. The van der Waals surface area contributed by atoms with Gasteiger partial charge in [0.1, 0.15) is 17.5 Å². The quantitative estimate of drug-likeness (QED) is 0.778. The molecule has 2 aromatic heterocycles. The first kappa shape index (κ1) is 15.4. The summed E-state index contributed by atoms with van der Waals surface area (Å²) in [4.78, 5) is 4.40. The summed E-state index contributed by atoms with van der Waals surface area (Å²) in [7, 11) is 0. The normalized spacial score (nSPS) is 15.8. The summed E-state index contributed by atoms with van der Waals surface area (Å²) >= 11 is 0. The second-order valence-corrected chi connectivity index (χ2v) is 6.13. The van der Waals surface area contributed by atoms with Crippen molar-refractivity contribution in [3.05, 3.63) is 59.0 Å². The average Bonchev–Trinajstić information content (AvgIpc) is 3.25. The van der Waals surface area contributed by atoms with Gasteiger partial charge in [-0.05, 0) is 43.2 Å². The molecule has 0 aliphatic carbocycles. The molecule has 0 amide bonds. The summed E-state index contributed by atoms with van der Waals surface area (Å²) in [6, 6.07) is 10.1. The standard InChI is InChI=1S/C19H17N5O/c1-11-8-13(24-7-3-6-22-24)4-5-14(11)17-15(9-20)19(21)23-18-12(2)25-10-16(17)18/h3-8,12H,10H2,1-2H3,(H2,21,23)/t12-/m0/s1. The Morgan fingerprint density at radius 2 is 2.24 bits per heavy atom. The molecule has 2 N–H and O–H groups in total. The lowest BCUT2D eigenvalue weighted by molar-refractivity contribution is 0.0780. The molecular weight excluding hydrogens is 314 g/mol. The van der Waals surface area contributed by atoms with Crippen LogP contribution in [0.4, 0.5) is 5.82 Å². The number of aromatic nitrogens is 3. The van der Waals surface area contributed by atoms with E-state index >= 15 is 0 Å². The van der Waals surface area contributed by atoms with Gasteiger partial charge < -0.3 is 10.5 Å². The van der Waals surface area contributed by atoms with Crippen molar-refractivity contribution < 1.29 is 4.74 Å². The molecule has 1 atom stereocenters. The van der Waals surface area contributed by atoms with E-state index in [4.69, 9.17) is 10.5 Å². The van der Waals surface area contributed by atoms with Gasteiger partial charge in [0.15, 0.2) is 0 Å². The van der Waals surface area contributed by atoms with E-state index in [1.165, 1.54) is 0 Å². The van der Waals surface area contributed by atoms with Crippen LogP contribution in [-0.2, 0) is 11.3 Å². The number of nitrogens with two attached hydrogens (primary N) is 1. The lowest BCUT2D eigenvalue weighted by Gasteiger charge is -2.15. The van der Waals surface area contributed by atoms with E-state index in [-0.39, 0.29) is 11.9 Å². The zero-order valence-corrected chi connectivity index (χ0v) is 14.0. The van der Waals surface area contributed by atoms with E-state index < -0.39 is 0 Å². The summed E-state index contributed by atoms with van der Waals surface area (Å²) < 4.78 is 7.52. The van der Waals surface area contributed by atoms with Gasteiger partial charge in [0.2, 0.25) is 0 Å². The van der Waals surface area contributed by atoms with E-state index in [1.54, 1.807) is 10.9 Å². The lowest BCUT2D eigenvalue weighted by Crippen LogP contribution is -2.05. The van der Waals surface area contributed by atoms with Crippen molar-refractivity contribution in [3.8, 4) is 22.9 Å². The van der Waals surface area contributed by atoms with E-state index in [0.29, 0.717) is 12.2 Å². The Bertz CT molecular complexity index is 1000. The molecule has 6 heteroatoms. The Hall–Kier alpha value is -3.17. The molecule has 3 aromatic rings. The predicted octanol–water partition coefficient (Wildman–Crippen LogP) is 3.29. The van der Waals surface area contributed by atoms with Gasteiger partial charge in [-0.1, -0.05) is 6.07 Å². The van der Waals surface area contributed by atoms with Gasteiger partial charge in [-0.25, -0.2) is 9.67 Å². The van der Waals surface area contributed by atoms with Crippen LogP contribution in [0.3, 0.4) is 0 Å². The van der Waals surface area contributed by atoms with Crippen LogP contribution < -0.4 is 5.73 Å². The largest absolute Gasteiger partial charge is 0.383 e. The minimum atomic E-state index is -0.118. The zero-order valence-electron chi connectivity index (χ0n) is 14.0. The van der Waals surface area contributed by atoms with Crippen molar-refractivity contribution in [2.24, 2.45) is 0 Å². The highest BCUT2D eigenvalue weighted by molar-refractivity contribution is 5.81. The Morgan fingerprint density at radius 3 is 2.92 bits per heavy atom. The maximum absolute atomic E-state index is 9.63. The second-order valence-electron chi connectivity index (χ2n) is 6.13. The number of nitrogen functional groups attached to an aromatic ring is 1. The highest BCUT2D eigenvalue weighted by Crippen LogP contribution is 2.41. The van der Waals surface area contributed by atoms with Crippen molar-refractivity contribution in [1.29, 1.82) is 5.26 Å². The first-order chi connectivity index (χ1) is 12.1. The van der Waals surface area contributed by atoms with Crippen LogP contribution in [-0.4, -0.2) is 14.8 Å². The summed E-state index contributed by atoms with van der Waals surface area (Å²) in [6.07, 6.45) is 3.52. The van der Waals surface area contributed by atoms with Crippen LogP contribution in [0.15, 0.2) is 36.7 Å². The Morgan fingerprint density at radius 1 is 1.40 bits per heavy atom. The maximum Gasteiger partial charge on any atom is 0.142 e. The van der Waals surface area contributed by atoms with Crippen LogP contribution in [0.2, 0.25) is 0 Å². The van der Waals surface area contributed by atoms with Gasteiger partial charge in [0.05, 0.1) is 24.1 Å². The third-order valence-corrected chi connectivity index (χ3v) is 4.58. The number of nitriles is 1. The summed E-state index contributed by atoms with van der Waals surface area (Å²) in [5.41, 5.74) is 12.0. The number of pyridine rings is 1. The van der Waals surface area contributed by atoms with Crippen LogP contribution in [0.25, 0.3) is 16.8 Å². The minimum absolute atomic E-state index is 0.118. The molecule has 0 bridgehead atoms. The first-order valence-electron chi connectivity index (χ1n) is 8.05. The molecule has 4 rings (SSSR count). The highest BCUT2D eigenvalue weighted by Gasteiger charge is 2.28. The molecule has 0 saturated heterocycles. The first-order valence-corrected chi connectivity index (χ1v) is 8.05. The van der Waals surface area contributed by atoms with Gasteiger partial charge >= 0.3 is 0 Å². The average molecular weight is 331 g/mol. The molecule has 0 spiro atoms. The molecule has 0 radical (unpaired) electrons. The molecule has 25 heavy (non-hydrogen) atoms. The van der Waals surface area contributed by atoms with Gasteiger partial charge in [0, 0.05) is 23.5 Å². The minimum Gasteiger partial charge on any atom is -0.383 e. The summed E-state index contributed by atoms with van der Waals surface area (Å²) in [6.45, 7) is 4.40. The number of aryl methyl sites for hydroxylation is 1. The van der Waals surface area contributed by atoms with Crippen LogP contribution in [0.5, 0.6) is 0 Å². The van der Waals surface area contributed by atoms with Crippen molar-refractivity contribution in [3.63, 3.8) is 0 Å². The van der Waals surface area contributed by atoms with Gasteiger partial charge in [0.25, 0.3) is 0 Å². The number of fused-ring (bicyclic) bond motifs is 1. The number of rotatable bonds is 2. The third-order valence-electron chi connectivity index (χ3n) is 4.58. The topological polar surface area (TPSA) is 89.8 Å².